The number of benzene rings is 3. The lowest BCUT2D eigenvalue weighted by Gasteiger charge is -2.19. The summed E-state index contributed by atoms with van der Waals surface area (Å²) in [5.74, 6) is -0.660. The molecule has 0 aliphatic rings. The third-order valence-electron chi connectivity index (χ3n) is 4.65. The highest BCUT2D eigenvalue weighted by atomic mass is 32.1. The lowest BCUT2D eigenvalue weighted by molar-refractivity contribution is -0.124. The summed E-state index contributed by atoms with van der Waals surface area (Å²) in [6, 6.07) is 24.6. The van der Waals surface area contributed by atoms with Crippen molar-refractivity contribution in [2.24, 2.45) is 0 Å². The zero-order valence-corrected chi connectivity index (χ0v) is 18.7. The maximum atomic E-state index is 13.0. The van der Waals surface area contributed by atoms with Crippen LogP contribution in [0.25, 0.3) is 0 Å². The van der Waals surface area contributed by atoms with E-state index >= 15 is 0 Å². The van der Waals surface area contributed by atoms with Crippen molar-refractivity contribution < 1.29 is 14.3 Å². The SMILES string of the molecule is Cc1cc(C)cc(OCC(=O)NNC(=S)NC(=O)C(c2ccccc2)c2ccccc2)c1. The number of hydrogen-bond acceptors (Lipinski definition) is 4. The van der Waals surface area contributed by atoms with Gasteiger partial charge in [0, 0.05) is 0 Å². The molecular formula is C25H25N3O3S. The minimum Gasteiger partial charge on any atom is -0.484 e. The smallest absolute Gasteiger partial charge is 0.276 e. The topological polar surface area (TPSA) is 79.5 Å². The summed E-state index contributed by atoms with van der Waals surface area (Å²) in [5.41, 5.74) is 8.76. The van der Waals surface area contributed by atoms with Crippen molar-refractivity contribution in [3.05, 3.63) is 101 Å². The second-order valence-corrected chi connectivity index (χ2v) is 7.77. The molecule has 0 unspecified atom stereocenters. The molecule has 32 heavy (non-hydrogen) atoms. The van der Waals surface area contributed by atoms with E-state index in [1.54, 1.807) is 0 Å². The molecule has 3 rings (SSSR count). The van der Waals surface area contributed by atoms with E-state index in [-0.39, 0.29) is 17.6 Å². The van der Waals surface area contributed by atoms with Crippen LogP contribution < -0.4 is 20.9 Å². The Morgan fingerprint density at radius 2 is 1.38 bits per heavy atom. The Hall–Kier alpha value is -3.71. The summed E-state index contributed by atoms with van der Waals surface area (Å²) >= 11 is 5.18. The molecule has 0 heterocycles. The zero-order valence-electron chi connectivity index (χ0n) is 17.9. The van der Waals surface area contributed by atoms with E-state index in [4.69, 9.17) is 17.0 Å². The molecule has 0 fully saturated rings. The van der Waals surface area contributed by atoms with Gasteiger partial charge in [0.2, 0.25) is 5.91 Å². The fourth-order valence-electron chi connectivity index (χ4n) is 3.33. The minimum atomic E-state index is -0.541. The highest BCUT2D eigenvalue weighted by Crippen LogP contribution is 2.24. The fourth-order valence-corrected chi connectivity index (χ4v) is 3.48. The van der Waals surface area contributed by atoms with Gasteiger partial charge in [-0.2, -0.15) is 0 Å². The Bertz CT molecular complexity index is 1030. The van der Waals surface area contributed by atoms with Gasteiger partial charge in [-0.3, -0.25) is 20.4 Å². The van der Waals surface area contributed by atoms with Crippen molar-refractivity contribution >= 4 is 29.1 Å². The summed E-state index contributed by atoms with van der Waals surface area (Å²) in [5, 5.41) is 2.64. The molecule has 0 radical (unpaired) electrons. The van der Waals surface area contributed by atoms with Crippen molar-refractivity contribution in [2.45, 2.75) is 19.8 Å². The number of carbonyl (C=O) groups excluding carboxylic acids is 2. The van der Waals surface area contributed by atoms with Crippen molar-refractivity contribution in [1.82, 2.24) is 16.2 Å². The number of thiocarbonyl (C=S) groups is 1. The highest BCUT2D eigenvalue weighted by molar-refractivity contribution is 7.80. The number of carbonyl (C=O) groups is 2. The first-order valence-electron chi connectivity index (χ1n) is 10.1. The molecule has 0 aliphatic carbocycles. The van der Waals surface area contributed by atoms with E-state index in [2.05, 4.69) is 16.2 Å². The first kappa shape index (κ1) is 23.0. The fraction of sp³-hybridized carbons (Fsp3) is 0.160. The van der Waals surface area contributed by atoms with Crippen LogP contribution in [0.4, 0.5) is 0 Å². The average Bonchev–Trinajstić information content (AvgIpc) is 2.77. The van der Waals surface area contributed by atoms with E-state index in [0.29, 0.717) is 5.75 Å². The van der Waals surface area contributed by atoms with E-state index in [9.17, 15) is 9.59 Å². The predicted octanol–water partition coefficient (Wildman–Crippen LogP) is 3.54. The number of amides is 2. The highest BCUT2D eigenvalue weighted by Gasteiger charge is 2.23. The van der Waals surface area contributed by atoms with Crippen LogP contribution in [0, 0.1) is 13.8 Å². The van der Waals surface area contributed by atoms with E-state index in [1.165, 1.54) is 0 Å². The molecule has 0 saturated carbocycles. The van der Waals surface area contributed by atoms with Crippen LogP contribution in [-0.4, -0.2) is 23.5 Å². The third-order valence-corrected chi connectivity index (χ3v) is 4.85. The third kappa shape index (κ3) is 6.65. The molecule has 0 atom stereocenters. The molecule has 0 spiro atoms. The summed E-state index contributed by atoms with van der Waals surface area (Å²) in [6.45, 7) is 3.73. The minimum absolute atomic E-state index is 0.00777. The normalized spacial score (nSPS) is 10.3. The van der Waals surface area contributed by atoms with Gasteiger partial charge < -0.3 is 10.1 Å². The molecule has 2 amide bonds. The molecule has 7 heteroatoms. The number of ether oxygens (including phenoxy) is 1. The Morgan fingerprint density at radius 3 is 1.91 bits per heavy atom. The second-order valence-electron chi connectivity index (χ2n) is 7.36. The van der Waals surface area contributed by atoms with Gasteiger partial charge in [-0.15, -0.1) is 0 Å². The summed E-state index contributed by atoms with van der Waals surface area (Å²) in [7, 11) is 0. The van der Waals surface area contributed by atoms with Crippen molar-refractivity contribution in [3.63, 3.8) is 0 Å². The number of rotatable bonds is 6. The maximum absolute atomic E-state index is 13.0. The predicted molar refractivity (Wildman–Crippen MR) is 128 cm³/mol. The molecule has 0 bridgehead atoms. The maximum Gasteiger partial charge on any atom is 0.276 e. The van der Waals surface area contributed by atoms with E-state index < -0.39 is 11.8 Å². The Morgan fingerprint density at radius 1 is 0.844 bits per heavy atom. The van der Waals surface area contributed by atoms with Gasteiger partial charge in [0.25, 0.3) is 5.91 Å². The average molecular weight is 448 g/mol. The number of aryl methyl sites for hydroxylation is 2. The lowest BCUT2D eigenvalue weighted by Crippen LogP contribution is -2.50. The summed E-state index contributed by atoms with van der Waals surface area (Å²) < 4.78 is 5.51. The Labute approximate surface area is 193 Å². The largest absolute Gasteiger partial charge is 0.484 e. The van der Waals surface area contributed by atoms with Gasteiger partial charge in [0.1, 0.15) is 5.75 Å². The summed E-state index contributed by atoms with van der Waals surface area (Å²) in [6.07, 6.45) is 0. The van der Waals surface area contributed by atoms with Gasteiger partial charge in [-0.05, 0) is 60.5 Å². The Kier molecular flexibility index (Phi) is 7.94. The molecule has 0 aromatic heterocycles. The molecular weight excluding hydrogens is 422 g/mol. The molecule has 164 valence electrons. The van der Waals surface area contributed by atoms with Gasteiger partial charge in [0.05, 0.1) is 5.92 Å². The lowest BCUT2D eigenvalue weighted by atomic mass is 9.90. The van der Waals surface area contributed by atoms with Gasteiger partial charge in [-0.25, -0.2) is 0 Å². The number of hydrogen-bond donors (Lipinski definition) is 3. The van der Waals surface area contributed by atoms with Crippen molar-refractivity contribution in [2.75, 3.05) is 6.61 Å². The van der Waals surface area contributed by atoms with E-state index in [0.717, 1.165) is 22.3 Å². The van der Waals surface area contributed by atoms with Crippen LogP contribution in [0.5, 0.6) is 5.75 Å². The van der Waals surface area contributed by atoms with Gasteiger partial charge >= 0.3 is 0 Å². The molecule has 3 N–H and O–H groups in total. The van der Waals surface area contributed by atoms with Crippen LogP contribution in [0.1, 0.15) is 28.2 Å². The van der Waals surface area contributed by atoms with Crippen molar-refractivity contribution in [1.29, 1.82) is 0 Å². The quantitative estimate of drug-likeness (QED) is 0.398. The second kappa shape index (κ2) is 11.1. The van der Waals surface area contributed by atoms with Gasteiger partial charge in [-0.1, -0.05) is 66.7 Å². The summed E-state index contributed by atoms with van der Waals surface area (Å²) in [4.78, 5) is 25.1. The molecule has 0 saturated heterocycles. The van der Waals surface area contributed by atoms with Gasteiger partial charge in [0.15, 0.2) is 11.7 Å². The van der Waals surface area contributed by atoms with Crippen LogP contribution in [0.2, 0.25) is 0 Å². The Balaban J connectivity index is 1.54. The monoisotopic (exact) mass is 447 g/mol. The first-order valence-corrected chi connectivity index (χ1v) is 10.5. The molecule has 3 aromatic carbocycles. The zero-order chi connectivity index (χ0) is 22.9. The first-order chi connectivity index (χ1) is 15.4. The van der Waals surface area contributed by atoms with Crippen LogP contribution in [0.3, 0.4) is 0 Å². The molecule has 6 nitrogen and oxygen atoms in total. The van der Waals surface area contributed by atoms with E-state index in [1.807, 2.05) is 92.7 Å². The molecule has 3 aromatic rings. The van der Waals surface area contributed by atoms with Crippen LogP contribution in [-0.2, 0) is 9.59 Å². The standard InChI is InChI=1S/C25H25N3O3S/c1-17-13-18(2)15-21(14-17)31-16-22(29)27-28-25(32)26-24(30)23(19-9-5-3-6-10-19)20-11-7-4-8-12-20/h3-15,23H,16H2,1-2H3,(H,27,29)(H2,26,28,30,32). The number of hydrazine groups is 1. The van der Waals surface area contributed by atoms with Crippen LogP contribution >= 0.6 is 12.2 Å². The van der Waals surface area contributed by atoms with Crippen LogP contribution in [0.15, 0.2) is 78.9 Å². The van der Waals surface area contributed by atoms with Crippen molar-refractivity contribution in [3.8, 4) is 5.75 Å². The molecule has 0 aliphatic heterocycles. The number of nitrogens with one attached hydrogen (secondary N) is 3.